The summed E-state index contributed by atoms with van der Waals surface area (Å²) in [6.45, 7) is 18.9. The fourth-order valence-corrected chi connectivity index (χ4v) is 3.86. The molecular weight excluding hydrogens is 278 g/mol. The van der Waals surface area contributed by atoms with Gasteiger partial charge in [0.2, 0.25) is 0 Å². The molecule has 0 bridgehead atoms. The van der Waals surface area contributed by atoms with Crippen LogP contribution in [0.15, 0.2) is 11.1 Å². The maximum absolute atomic E-state index is 5.91. The van der Waals surface area contributed by atoms with Crippen LogP contribution in [0.4, 0.5) is 0 Å². The third-order valence-electron chi connectivity index (χ3n) is 7.00. The Kier molecular flexibility index (Phi) is 7.84. The zero-order valence-corrected chi connectivity index (χ0v) is 17.2. The zero-order chi connectivity index (χ0) is 17.8. The summed E-state index contributed by atoms with van der Waals surface area (Å²) < 4.78 is 0. The lowest BCUT2D eigenvalue weighted by atomic mass is 9.74. The molecule has 23 heavy (non-hydrogen) atoms. The average molecular weight is 322 g/mol. The van der Waals surface area contributed by atoms with Crippen LogP contribution in [-0.4, -0.2) is 6.04 Å². The van der Waals surface area contributed by atoms with Crippen molar-refractivity contribution in [2.24, 2.45) is 34.8 Å². The Morgan fingerprint density at radius 1 is 1.13 bits per heavy atom. The van der Waals surface area contributed by atoms with E-state index < -0.39 is 0 Å². The molecule has 0 aromatic carbocycles. The van der Waals surface area contributed by atoms with Crippen LogP contribution in [-0.2, 0) is 0 Å². The predicted octanol–water partition coefficient (Wildman–Crippen LogP) is 6.57. The Bertz CT molecular complexity index is 391. The molecule has 1 aliphatic rings. The van der Waals surface area contributed by atoms with Crippen LogP contribution in [0, 0.1) is 29.1 Å². The smallest absolute Gasteiger partial charge is 0.00106 e. The van der Waals surface area contributed by atoms with Gasteiger partial charge >= 0.3 is 0 Å². The summed E-state index contributed by atoms with van der Waals surface area (Å²) in [5, 5.41) is 0. The molecule has 5 unspecified atom stereocenters. The molecule has 0 spiro atoms. The zero-order valence-electron chi connectivity index (χ0n) is 17.2. The molecule has 1 heteroatoms. The minimum absolute atomic E-state index is 0.335. The highest BCUT2D eigenvalue weighted by atomic mass is 14.6. The minimum Gasteiger partial charge on any atom is -0.328 e. The molecule has 136 valence electrons. The van der Waals surface area contributed by atoms with Crippen LogP contribution in [0.5, 0.6) is 0 Å². The molecular formula is C22H43N. The van der Waals surface area contributed by atoms with E-state index in [4.69, 9.17) is 5.73 Å². The molecule has 0 heterocycles. The maximum atomic E-state index is 5.91. The third kappa shape index (κ3) is 6.25. The van der Waals surface area contributed by atoms with E-state index in [2.05, 4.69) is 55.4 Å². The van der Waals surface area contributed by atoms with Crippen LogP contribution in [0.25, 0.3) is 0 Å². The summed E-state index contributed by atoms with van der Waals surface area (Å²) in [5.74, 6) is 3.35. The van der Waals surface area contributed by atoms with E-state index in [-0.39, 0.29) is 0 Å². The van der Waals surface area contributed by atoms with Crippen LogP contribution < -0.4 is 5.73 Å². The van der Waals surface area contributed by atoms with Gasteiger partial charge in [0.15, 0.2) is 0 Å². The Morgan fingerprint density at radius 3 is 2.26 bits per heavy atom. The SMILES string of the molecule is CCC(C)C(C)(C)CCC1CC1/C(C)=C(\C)C(C)CCC(C)N. The Morgan fingerprint density at radius 2 is 1.74 bits per heavy atom. The minimum atomic E-state index is 0.335. The van der Waals surface area contributed by atoms with Gasteiger partial charge in [-0.05, 0) is 82.0 Å². The molecule has 1 aliphatic carbocycles. The molecule has 1 nitrogen and oxygen atoms in total. The van der Waals surface area contributed by atoms with Crippen LogP contribution in [0.1, 0.15) is 93.9 Å². The van der Waals surface area contributed by atoms with Crippen molar-refractivity contribution in [3.8, 4) is 0 Å². The van der Waals surface area contributed by atoms with E-state index in [0.29, 0.717) is 17.4 Å². The van der Waals surface area contributed by atoms with Gasteiger partial charge < -0.3 is 5.73 Å². The summed E-state index contributed by atoms with van der Waals surface area (Å²) >= 11 is 0. The van der Waals surface area contributed by atoms with Crippen molar-refractivity contribution >= 4 is 0 Å². The topological polar surface area (TPSA) is 26.0 Å². The number of hydrogen-bond donors (Lipinski definition) is 1. The fraction of sp³-hybridized carbons (Fsp3) is 0.909. The van der Waals surface area contributed by atoms with Gasteiger partial charge in [0, 0.05) is 6.04 Å². The van der Waals surface area contributed by atoms with E-state index >= 15 is 0 Å². The monoisotopic (exact) mass is 321 g/mol. The van der Waals surface area contributed by atoms with Gasteiger partial charge in [-0.2, -0.15) is 0 Å². The number of rotatable bonds is 10. The van der Waals surface area contributed by atoms with Crippen molar-refractivity contribution in [2.45, 2.75) is 100.0 Å². The highest BCUT2D eigenvalue weighted by Gasteiger charge is 2.40. The molecule has 0 aromatic rings. The molecule has 1 saturated carbocycles. The molecule has 1 fully saturated rings. The molecule has 5 atom stereocenters. The second-order valence-electron chi connectivity index (χ2n) is 9.26. The van der Waals surface area contributed by atoms with E-state index in [1.54, 1.807) is 11.1 Å². The Balaban J connectivity index is 2.48. The van der Waals surface area contributed by atoms with Gasteiger partial charge in [-0.1, -0.05) is 52.2 Å². The fourth-order valence-electron chi connectivity index (χ4n) is 3.86. The molecule has 0 radical (unpaired) electrons. The predicted molar refractivity (Wildman–Crippen MR) is 104 cm³/mol. The van der Waals surface area contributed by atoms with Gasteiger partial charge in [-0.15, -0.1) is 0 Å². The van der Waals surface area contributed by atoms with E-state index in [0.717, 1.165) is 24.2 Å². The van der Waals surface area contributed by atoms with E-state index in [1.807, 2.05) is 0 Å². The van der Waals surface area contributed by atoms with E-state index in [1.165, 1.54) is 32.1 Å². The lowest BCUT2D eigenvalue weighted by molar-refractivity contribution is 0.196. The van der Waals surface area contributed by atoms with Crippen molar-refractivity contribution in [3.63, 3.8) is 0 Å². The quantitative estimate of drug-likeness (QED) is 0.452. The molecule has 0 saturated heterocycles. The summed E-state index contributed by atoms with van der Waals surface area (Å²) in [5.41, 5.74) is 9.74. The molecule has 0 aromatic heterocycles. The van der Waals surface area contributed by atoms with Crippen molar-refractivity contribution in [3.05, 3.63) is 11.1 Å². The van der Waals surface area contributed by atoms with Gasteiger partial charge in [0.05, 0.1) is 0 Å². The second-order valence-corrected chi connectivity index (χ2v) is 9.26. The molecule has 0 amide bonds. The molecule has 2 N–H and O–H groups in total. The first-order chi connectivity index (χ1) is 10.6. The first kappa shape index (κ1) is 20.7. The Labute approximate surface area is 146 Å². The normalized spacial score (nSPS) is 26.5. The summed E-state index contributed by atoms with van der Waals surface area (Å²) in [4.78, 5) is 0. The van der Waals surface area contributed by atoms with Gasteiger partial charge in [0.1, 0.15) is 0 Å². The van der Waals surface area contributed by atoms with Gasteiger partial charge in [0.25, 0.3) is 0 Å². The van der Waals surface area contributed by atoms with Crippen LogP contribution in [0.3, 0.4) is 0 Å². The number of hydrogen-bond acceptors (Lipinski definition) is 1. The highest BCUT2D eigenvalue weighted by molar-refractivity contribution is 5.21. The largest absolute Gasteiger partial charge is 0.328 e. The number of allylic oxidation sites excluding steroid dienone is 2. The lowest BCUT2D eigenvalue weighted by Crippen LogP contribution is -2.21. The summed E-state index contributed by atoms with van der Waals surface area (Å²) in [6, 6.07) is 0.335. The summed E-state index contributed by atoms with van der Waals surface area (Å²) in [6.07, 6.45) is 7.91. The van der Waals surface area contributed by atoms with Crippen molar-refractivity contribution in [2.75, 3.05) is 0 Å². The maximum Gasteiger partial charge on any atom is 0.00106 e. The second kappa shape index (κ2) is 8.70. The first-order valence-electron chi connectivity index (χ1n) is 10.0. The number of nitrogens with two attached hydrogens (primary N) is 1. The van der Waals surface area contributed by atoms with Crippen molar-refractivity contribution in [1.82, 2.24) is 0 Å². The standard InChI is InChI=1S/C22H43N/c1-9-16(3)22(7,8)13-12-20-14-21(20)19(6)18(5)15(2)10-11-17(4)23/h15-17,20-21H,9-14,23H2,1-8H3/b19-18+. The average Bonchev–Trinajstić information content (AvgIpc) is 3.27. The molecule has 0 aliphatic heterocycles. The Hall–Kier alpha value is -0.300. The van der Waals surface area contributed by atoms with Crippen LogP contribution in [0.2, 0.25) is 0 Å². The van der Waals surface area contributed by atoms with Gasteiger partial charge in [-0.25, -0.2) is 0 Å². The van der Waals surface area contributed by atoms with Gasteiger partial charge in [-0.3, -0.25) is 0 Å². The van der Waals surface area contributed by atoms with E-state index in [9.17, 15) is 0 Å². The third-order valence-corrected chi connectivity index (χ3v) is 7.00. The highest BCUT2D eigenvalue weighted by Crippen LogP contribution is 2.50. The van der Waals surface area contributed by atoms with Crippen molar-refractivity contribution < 1.29 is 0 Å². The molecule has 1 rings (SSSR count). The van der Waals surface area contributed by atoms with Crippen molar-refractivity contribution in [1.29, 1.82) is 0 Å². The lowest BCUT2D eigenvalue weighted by Gasteiger charge is -2.31. The summed E-state index contributed by atoms with van der Waals surface area (Å²) in [7, 11) is 0. The first-order valence-corrected chi connectivity index (χ1v) is 10.0. The van der Waals surface area contributed by atoms with Crippen LogP contribution >= 0.6 is 0 Å².